The number of halogens is 2. The largest absolute Gasteiger partial charge is 0.493 e. The zero-order chi connectivity index (χ0) is 19.6. The van der Waals surface area contributed by atoms with Gasteiger partial charge in [-0.15, -0.1) is 0 Å². The summed E-state index contributed by atoms with van der Waals surface area (Å²) in [4.78, 5) is 2.36. The lowest BCUT2D eigenvalue weighted by molar-refractivity contribution is 0.284. The summed E-state index contributed by atoms with van der Waals surface area (Å²) in [6, 6.07) is 9.87. The summed E-state index contributed by atoms with van der Waals surface area (Å²) in [5.74, 6) is 0.929. The van der Waals surface area contributed by atoms with Gasteiger partial charge in [0.15, 0.2) is 11.5 Å². The van der Waals surface area contributed by atoms with Crippen molar-refractivity contribution >= 4 is 11.6 Å². The van der Waals surface area contributed by atoms with Gasteiger partial charge in [-0.3, -0.25) is 0 Å². The van der Waals surface area contributed by atoms with E-state index < -0.39 is 0 Å². The maximum atomic E-state index is 13.0. The van der Waals surface area contributed by atoms with E-state index in [1.807, 2.05) is 6.07 Å². The third-order valence-corrected chi connectivity index (χ3v) is 4.81. The lowest BCUT2D eigenvalue weighted by Gasteiger charge is -2.18. The summed E-state index contributed by atoms with van der Waals surface area (Å²) in [6.45, 7) is 9.29. The monoisotopic (exact) mass is 394 g/mol. The third kappa shape index (κ3) is 6.69. The molecule has 0 fully saturated rings. The van der Waals surface area contributed by atoms with Crippen LogP contribution in [0.4, 0.5) is 4.39 Å². The molecule has 0 aliphatic carbocycles. The van der Waals surface area contributed by atoms with Crippen molar-refractivity contribution in [1.82, 2.24) is 10.2 Å². The molecule has 0 atom stereocenters. The average Bonchev–Trinajstić information content (AvgIpc) is 2.68. The molecule has 2 aromatic rings. The number of ether oxygens (including phenoxy) is 2. The molecule has 2 aromatic carbocycles. The van der Waals surface area contributed by atoms with Gasteiger partial charge in [0, 0.05) is 30.7 Å². The SMILES string of the molecule is CCN(CC)CCNCc1cc(OC)c(OCc2ccc(F)cc2)cc1Cl. The standard InChI is InChI=1S/C21H28ClFN2O2/c1-4-25(5-2)11-10-24-14-17-12-20(26-3)21(13-19(17)22)27-15-16-6-8-18(23)9-7-16/h6-9,12-13,24H,4-5,10-11,14-15H2,1-3H3. The highest BCUT2D eigenvalue weighted by Crippen LogP contribution is 2.34. The van der Waals surface area contributed by atoms with Gasteiger partial charge in [0.2, 0.25) is 0 Å². The highest BCUT2D eigenvalue weighted by atomic mass is 35.5. The van der Waals surface area contributed by atoms with E-state index in [0.29, 0.717) is 29.7 Å². The summed E-state index contributed by atoms with van der Waals surface area (Å²) in [5, 5.41) is 4.04. The van der Waals surface area contributed by atoms with Crippen LogP contribution >= 0.6 is 11.6 Å². The Morgan fingerprint density at radius 2 is 1.78 bits per heavy atom. The Morgan fingerprint density at radius 1 is 1.07 bits per heavy atom. The molecule has 0 unspecified atom stereocenters. The molecule has 0 bridgehead atoms. The van der Waals surface area contributed by atoms with Crippen LogP contribution in [0.2, 0.25) is 5.02 Å². The van der Waals surface area contributed by atoms with Crippen LogP contribution in [0.25, 0.3) is 0 Å². The van der Waals surface area contributed by atoms with Gasteiger partial charge in [-0.05, 0) is 42.4 Å². The van der Waals surface area contributed by atoms with Gasteiger partial charge in [-0.25, -0.2) is 4.39 Å². The van der Waals surface area contributed by atoms with Crippen molar-refractivity contribution in [1.29, 1.82) is 0 Å². The topological polar surface area (TPSA) is 33.7 Å². The predicted molar refractivity (Wildman–Crippen MR) is 108 cm³/mol. The van der Waals surface area contributed by atoms with E-state index in [1.54, 1.807) is 25.3 Å². The molecule has 0 aliphatic heterocycles. The molecule has 0 amide bonds. The molecule has 0 saturated heterocycles. The van der Waals surface area contributed by atoms with E-state index in [2.05, 4.69) is 24.1 Å². The van der Waals surface area contributed by atoms with Crippen LogP contribution in [0.15, 0.2) is 36.4 Å². The Hall–Kier alpha value is -1.82. The molecule has 6 heteroatoms. The number of rotatable bonds is 11. The first-order valence-electron chi connectivity index (χ1n) is 9.24. The number of benzene rings is 2. The second-order valence-electron chi connectivity index (χ2n) is 6.21. The lowest BCUT2D eigenvalue weighted by atomic mass is 10.2. The summed E-state index contributed by atoms with van der Waals surface area (Å²) in [5.41, 5.74) is 1.83. The molecule has 0 spiro atoms. The van der Waals surface area contributed by atoms with Crippen molar-refractivity contribution in [2.75, 3.05) is 33.3 Å². The molecule has 0 radical (unpaired) electrons. The molecule has 0 aromatic heterocycles. The molecule has 0 aliphatic rings. The van der Waals surface area contributed by atoms with E-state index in [9.17, 15) is 4.39 Å². The third-order valence-electron chi connectivity index (χ3n) is 4.45. The van der Waals surface area contributed by atoms with Crippen molar-refractivity contribution in [2.24, 2.45) is 0 Å². The smallest absolute Gasteiger partial charge is 0.163 e. The molecule has 27 heavy (non-hydrogen) atoms. The first kappa shape index (κ1) is 21.5. The fourth-order valence-corrected chi connectivity index (χ4v) is 2.95. The fraction of sp³-hybridized carbons (Fsp3) is 0.429. The minimum Gasteiger partial charge on any atom is -0.493 e. The fourth-order valence-electron chi connectivity index (χ4n) is 2.73. The molecular weight excluding hydrogens is 367 g/mol. The Bertz CT molecular complexity index is 706. The summed E-state index contributed by atoms with van der Waals surface area (Å²) >= 11 is 6.42. The number of nitrogens with zero attached hydrogens (tertiary/aromatic N) is 1. The number of methoxy groups -OCH3 is 1. The predicted octanol–water partition coefficient (Wildman–Crippen LogP) is 4.50. The molecule has 148 valence electrons. The zero-order valence-corrected chi connectivity index (χ0v) is 17.0. The van der Waals surface area contributed by atoms with Crippen molar-refractivity contribution < 1.29 is 13.9 Å². The summed E-state index contributed by atoms with van der Waals surface area (Å²) in [7, 11) is 1.60. The van der Waals surface area contributed by atoms with Gasteiger partial charge in [-0.2, -0.15) is 0 Å². The Labute approximate surface area is 166 Å². The van der Waals surface area contributed by atoms with Crippen LogP contribution in [0, 0.1) is 5.82 Å². The van der Waals surface area contributed by atoms with Crippen LogP contribution in [0.3, 0.4) is 0 Å². The quantitative estimate of drug-likeness (QED) is 0.569. The van der Waals surface area contributed by atoms with Gasteiger partial charge in [0.05, 0.1) is 7.11 Å². The average molecular weight is 395 g/mol. The van der Waals surface area contributed by atoms with Gasteiger partial charge >= 0.3 is 0 Å². The molecule has 0 heterocycles. The van der Waals surface area contributed by atoms with Crippen LogP contribution in [0.1, 0.15) is 25.0 Å². The second kappa shape index (κ2) is 11.1. The van der Waals surface area contributed by atoms with Gasteiger partial charge in [0.25, 0.3) is 0 Å². The maximum absolute atomic E-state index is 13.0. The van der Waals surface area contributed by atoms with Crippen LogP contribution in [-0.4, -0.2) is 38.2 Å². The van der Waals surface area contributed by atoms with E-state index in [0.717, 1.165) is 37.3 Å². The Balaban J connectivity index is 1.95. The number of hydrogen-bond donors (Lipinski definition) is 1. The molecule has 0 saturated carbocycles. The van der Waals surface area contributed by atoms with Crippen LogP contribution in [0.5, 0.6) is 11.5 Å². The maximum Gasteiger partial charge on any atom is 0.163 e. The lowest BCUT2D eigenvalue weighted by Crippen LogP contribution is -2.31. The first-order chi connectivity index (χ1) is 13.1. The minimum absolute atomic E-state index is 0.266. The van der Waals surface area contributed by atoms with Gasteiger partial charge in [-0.1, -0.05) is 37.6 Å². The van der Waals surface area contributed by atoms with E-state index >= 15 is 0 Å². The van der Waals surface area contributed by atoms with Gasteiger partial charge in [0.1, 0.15) is 12.4 Å². The second-order valence-corrected chi connectivity index (χ2v) is 6.62. The Morgan fingerprint density at radius 3 is 2.41 bits per heavy atom. The van der Waals surface area contributed by atoms with Gasteiger partial charge < -0.3 is 19.7 Å². The first-order valence-corrected chi connectivity index (χ1v) is 9.61. The molecule has 1 N–H and O–H groups in total. The molecule has 4 nitrogen and oxygen atoms in total. The zero-order valence-electron chi connectivity index (χ0n) is 16.2. The van der Waals surface area contributed by atoms with Crippen molar-refractivity contribution in [3.05, 3.63) is 58.4 Å². The number of nitrogens with one attached hydrogen (secondary N) is 1. The van der Waals surface area contributed by atoms with Crippen molar-refractivity contribution in [2.45, 2.75) is 27.0 Å². The van der Waals surface area contributed by atoms with E-state index in [-0.39, 0.29) is 5.82 Å². The Kier molecular flexibility index (Phi) is 8.85. The summed E-state index contributed by atoms with van der Waals surface area (Å²) in [6.07, 6.45) is 0. The van der Waals surface area contributed by atoms with Crippen LogP contribution in [-0.2, 0) is 13.2 Å². The number of likely N-dealkylation sites (N-methyl/N-ethyl adjacent to an activating group) is 1. The van der Waals surface area contributed by atoms with E-state index in [4.69, 9.17) is 21.1 Å². The molecular formula is C21H28ClFN2O2. The molecule has 2 rings (SSSR count). The summed E-state index contributed by atoms with van der Waals surface area (Å²) < 4.78 is 24.3. The van der Waals surface area contributed by atoms with Crippen LogP contribution < -0.4 is 14.8 Å². The normalized spacial score (nSPS) is 11.0. The van der Waals surface area contributed by atoms with E-state index in [1.165, 1.54) is 12.1 Å². The number of hydrogen-bond acceptors (Lipinski definition) is 4. The minimum atomic E-state index is -0.266. The highest BCUT2D eigenvalue weighted by molar-refractivity contribution is 6.31. The van der Waals surface area contributed by atoms with Crippen molar-refractivity contribution in [3.8, 4) is 11.5 Å². The highest BCUT2D eigenvalue weighted by Gasteiger charge is 2.11. The van der Waals surface area contributed by atoms with Crippen molar-refractivity contribution in [3.63, 3.8) is 0 Å².